The van der Waals surface area contributed by atoms with Crippen LogP contribution in [0.5, 0.6) is 0 Å². The fourth-order valence-corrected chi connectivity index (χ4v) is 3.41. The molecule has 0 radical (unpaired) electrons. The third kappa shape index (κ3) is 2.86. The third-order valence-corrected chi connectivity index (χ3v) is 4.61. The molecule has 9 heteroatoms. The first kappa shape index (κ1) is 15.7. The van der Waals surface area contributed by atoms with E-state index in [1.165, 1.54) is 11.9 Å². The van der Waals surface area contributed by atoms with Crippen LogP contribution in [0.2, 0.25) is 0 Å². The minimum Gasteiger partial charge on any atom is -0.395 e. The Morgan fingerprint density at radius 3 is 3.20 bits per heavy atom. The first-order valence-corrected chi connectivity index (χ1v) is 8.29. The van der Waals surface area contributed by atoms with E-state index in [0.717, 1.165) is 24.4 Å². The van der Waals surface area contributed by atoms with Crippen LogP contribution in [0.1, 0.15) is 34.0 Å². The number of aryl methyl sites for hydroxylation is 1. The Morgan fingerprint density at radius 1 is 1.48 bits per heavy atom. The lowest BCUT2D eigenvalue weighted by Gasteiger charge is -2.23. The molecule has 1 unspecified atom stereocenters. The number of H-pyrrole nitrogens is 1. The molecule has 1 aliphatic rings. The second-order valence-electron chi connectivity index (χ2n) is 6.23. The maximum Gasteiger partial charge on any atom is 0.253 e. The highest BCUT2D eigenvalue weighted by atomic mass is 16.3. The fourth-order valence-electron chi connectivity index (χ4n) is 3.41. The van der Waals surface area contributed by atoms with E-state index >= 15 is 0 Å². The predicted molar refractivity (Wildman–Crippen MR) is 89.0 cm³/mol. The predicted octanol–water partition coefficient (Wildman–Crippen LogP) is 0.137. The summed E-state index contributed by atoms with van der Waals surface area (Å²) in [6.45, 7) is 2.61. The molecule has 130 valence electrons. The molecule has 3 aromatic rings. The maximum absolute atomic E-state index is 12.5. The van der Waals surface area contributed by atoms with Crippen molar-refractivity contribution in [3.05, 3.63) is 35.0 Å². The molecule has 0 saturated carbocycles. The van der Waals surface area contributed by atoms with E-state index in [-0.39, 0.29) is 18.6 Å². The van der Waals surface area contributed by atoms with Gasteiger partial charge in [0.05, 0.1) is 17.9 Å². The van der Waals surface area contributed by atoms with Crippen LogP contribution in [0.25, 0.3) is 11.2 Å². The van der Waals surface area contributed by atoms with E-state index in [1.807, 2.05) is 6.92 Å². The number of hydrogen-bond donors (Lipinski definition) is 3. The number of carbonyl (C=O) groups excluding carboxylic acids is 1. The molecule has 3 N–H and O–H groups in total. The lowest BCUT2D eigenvalue weighted by atomic mass is 9.95. The van der Waals surface area contributed by atoms with Gasteiger partial charge in [-0.15, -0.1) is 5.10 Å². The van der Waals surface area contributed by atoms with E-state index < -0.39 is 0 Å². The lowest BCUT2D eigenvalue weighted by molar-refractivity contribution is 0.0933. The van der Waals surface area contributed by atoms with Crippen molar-refractivity contribution in [2.45, 2.75) is 38.8 Å². The molecule has 0 bridgehead atoms. The van der Waals surface area contributed by atoms with Gasteiger partial charge in [-0.2, -0.15) is 10.3 Å². The smallest absolute Gasteiger partial charge is 0.253 e. The highest BCUT2D eigenvalue weighted by Crippen LogP contribution is 2.23. The van der Waals surface area contributed by atoms with Gasteiger partial charge in [0.1, 0.15) is 11.3 Å². The standard InChI is InChI=1S/C16H19N7O2/c1-9-18-12-7-11(2-3-14(12)23(9)4-5-24)19-16(25)10-6-13-15(17-8-10)21-22-20-13/h6,8,11,24H,2-5,7H2,1H3,(H,19,25)(H,17,20,21,22). The number of aliphatic hydroxyl groups is 1. The molecule has 9 nitrogen and oxygen atoms in total. The number of aliphatic hydroxyl groups excluding tert-OH is 1. The Morgan fingerprint density at radius 2 is 2.36 bits per heavy atom. The Labute approximate surface area is 143 Å². The van der Waals surface area contributed by atoms with Crippen molar-refractivity contribution >= 4 is 17.1 Å². The summed E-state index contributed by atoms with van der Waals surface area (Å²) in [5, 5.41) is 22.6. The number of hydrogen-bond acceptors (Lipinski definition) is 6. The largest absolute Gasteiger partial charge is 0.395 e. The number of carbonyl (C=O) groups is 1. The van der Waals surface area contributed by atoms with Crippen LogP contribution in [0.3, 0.4) is 0 Å². The summed E-state index contributed by atoms with van der Waals surface area (Å²) in [5.74, 6) is 0.740. The highest BCUT2D eigenvalue weighted by molar-refractivity contribution is 5.96. The average Bonchev–Trinajstić information content (AvgIpc) is 3.19. The Hall–Kier alpha value is -2.81. The van der Waals surface area contributed by atoms with Crippen LogP contribution in [-0.4, -0.2) is 53.6 Å². The number of nitrogens with one attached hydrogen (secondary N) is 2. The minimum absolute atomic E-state index is 0.0323. The highest BCUT2D eigenvalue weighted by Gasteiger charge is 2.25. The molecule has 1 atom stereocenters. The summed E-state index contributed by atoms with van der Waals surface area (Å²) in [7, 11) is 0. The van der Waals surface area contributed by atoms with Gasteiger partial charge in [-0.25, -0.2) is 9.97 Å². The number of fused-ring (bicyclic) bond motifs is 2. The quantitative estimate of drug-likeness (QED) is 0.620. The monoisotopic (exact) mass is 341 g/mol. The van der Waals surface area contributed by atoms with Crippen LogP contribution in [0.4, 0.5) is 0 Å². The summed E-state index contributed by atoms with van der Waals surface area (Å²) in [5.41, 5.74) is 3.70. The van der Waals surface area contributed by atoms with Gasteiger partial charge < -0.3 is 15.0 Å². The van der Waals surface area contributed by atoms with Gasteiger partial charge in [-0.05, 0) is 25.8 Å². The van der Waals surface area contributed by atoms with Gasteiger partial charge >= 0.3 is 0 Å². The average molecular weight is 341 g/mol. The second kappa shape index (κ2) is 6.25. The molecule has 0 aromatic carbocycles. The number of aromatic nitrogens is 6. The zero-order chi connectivity index (χ0) is 17.4. The van der Waals surface area contributed by atoms with E-state index in [2.05, 4.69) is 35.3 Å². The molecule has 3 aromatic heterocycles. The Bertz CT molecular complexity index is 930. The Kier molecular flexibility index (Phi) is 3.92. The van der Waals surface area contributed by atoms with Crippen molar-refractivity contribution in [1.82, 2.24) is 35.3 Å². The lowest BCUT2D eigenvalue weighted by Crippen LogP contribution is -2.39. The Balaban J connectivity index is 1.48. The van der Waals surface area contributed by atoms with Gasteiger partial charge in [0.15, 0.2) is 0 Å². The van der Waals surface area contributed by atoms with Crippen LogP contribution in [0.15, 0.2) is 12.3 Å². The topological polar surface area (TPSA) is 122 Å². The van der Waals surface area contributed by atoms with E-state index in [0.29, 0.717) is 29.7 Å². The van der Waals surface area contributed by atoms with Gasteiger partial charge in [0, 0.05) is 30.9 Å². The van der Waals surface area contributed by atoms with Gasteiger partial charge in [-0.3, -0.25) is 4.79 Å². The summed E-state index contributed by atoms with van der Waals surface area (Å²) >= 11 is 0. The molecular formula is C16H19N7O2. The zero-order valence-electron chi connectivity index (χ0n) is 13.9. The SMILES string of the molecule is Cc1nc2c(n1CCO)CCC(NC(=O)c1cnc3n[nH]nc3c1)C2. The second-order valence-corrected chi connectivity index (χ2v) is 6.23. The zero-order valence-corrected chi connectivity index (χ0v) is 13.9. The number of rotatable bonds is 4. The maximum atomic E-state index is 12.5. The van der Waals surface area contributed by atoms with Crippen molar-refractivity contribution in [2.75, 3.05) is 6.61 Å². The normalized spacial score (nSPS) is 16.8. The molecule has 0 spiro atoms. The fraction of sp³-hybridized carbons (Fsp3) is 0.438. The number of nitrogens with zero attached hydrogens (tertiary/aromatic N) is 5. The van der Waals surface area contributed by atoms with E-state index in [4.69, 9.17) is 0 Å². The molecule has 0 saturated heterocycles. The van der Waals surface area contributed by atoms with Crippen LogP contribution in [0, 0.1) is 6.92 Å². The first-order chi connectivity index (χ1) is 12.2. The van der Waals surface area contributed by atoms with Crippen molar-refractivity contribution in [3.63, 3.8) is 0 Å². The number of pyridine rings is 1. The van der Waals surface area contributed by atoms with Crippen LogP contribution in [-0.2, 0) is 19.4 Å². The van der Waals surface area contributed by atoms with Crippen molar-refractivity contribution in [3.8, 4) is 0 Å². The summed E-state index contributed by atoms with van der Waals surface area (Å²) in [6, 6.07) is 1.71. The molecule has 0 aliphatic heterocycles. The molecule has 0 fully saturated rings. The molecule has 25 heavy (non-hydrogen) atoms. The molecule has 4 rings (SSSR count). The number of imidazole rings is 1. The van der Waals surface area contributed by atoms with Gasteiger partial charge in [0.25, 0.3) is 5.91 Å². The summed E-state index contributed by atoms with van der Waals surface area (Å²) in [4.78, 5) is 21.2. The molecule has 3 heterocycles. The van der Waals surface area contributed by atoms with Crippen molar-refractivity contribution < 1.29 is 9.90 Å². The number of amides is 1. The summed E-state index contributed by atoms with van der Waals surface area (Å²) in [6.07, 6.45) is 3.88. The van der Waals surface area contributed by atoms with Crippen LogP contribution < -0.4 is 5.32 Å². The molecule has 1 aliphatic carbocycles. The van der Waals surface area contributed by atoms with Gasteiger partial charge in [-0.1, -0.05) is 0 Å². The summed E-state index contributed by atoms with van der Waals surface area (Å²) < 4.78 is 2.07. The number of aromatic amines is 1. The van der Waals surface area contributed by atoms with Crippen molar-refractivity contribution in [2.24, 2.45) is 0 Å². The van der Waals surface area contributed by atoms with Gasteiger partial charge in [0.2, 0.25) is 5.65 Å². The van der Waals surface area contributed by atoms with E-state index in [9.17, 15) is 9.90 Å². The van der Waals surface area contributed by atoms with Crippen LogP contribution >= 0.6 is 0 Å². The first-order valence-electron chi connectivity index (χ1n) is 8.29. The van der Waals surface area contributed by atoms with E-state index in [1.54, 1.807) is 6.07 Å². The minimum atomic E-state index is -0.169. The van der Waals surface area contributed by atoms with Crippen molar-refractivity contribution in [1.29, 1.82) is 0 Å². The molecular weight excluding hydrogens is 322 g/mol. The third-order valence-electron chi connectivity index (χ3n) is 4.61. The molecule has 1 amide bonds.